The monoisotopic (exact) mass is 458 g/mol. The molecule has 0 N–H and O–H groups in total. The fraction of sp³-hybridized carbons (Fsp3) is 0.0556. The summed E-state index contributed by atoms with van der Waals surface area (Å²) >= 11 is 0. The highest BCUT2D eigenvalue weighted by Crippen LogP contribution is 2.43. The average Bonchev–Trinajstić information content (AvgIpc) is 2.96. The fourth-order valence-corrected chi connectivity index (χ4v) is 5.87. The molecule has 0 atom stereocenters. The molecule has 0 heterocycles. The van der Waals surface area contributed by atoms with E-state index in [0.717, 1.165) is 12.8 Å². The van der Waals surface area contributed by atoms with E-state index in [9.17, 15) is 0 Å². The van der Waals surface area contributed by atoms with E-state index in [1.807, 2.05) is 0 Å². The zero-order chi connectivity index (χ0) is 23.9. The zero-order valence-electron chi connectivity index (χ0n) is 20.1. The Kier molecular flexibility index (Phi) is 5.03. The largest absolute Gasteiger partial charge is 0.0760 e. The summed E-state index contributed by atoms with van der Waals surface area (Å²) in [4.78, 5) is 0. The minimum Gasteiger partial charge on any atom is -0.0760 e. The number of allylic oxidation sites excluding steroid dienone is 2. The molecule has 7 rings (SSSR count). The Balaban J connectivity index is 1.39. The van der Waals surface area contributed by atoms with Crippen LogP contribution in [0.2, 0.25) is 0 Å². The van der Waals surface area contributed by atoms with Gasteiger partial charge in [0, 0.05) is 0 Å². The Bertz CT molecular complexity index is 1700. The lowest BCUT2D eigenvalue weighted by molar-refractivity contribution is 1.11. The Morgan fingerprint density at radius 1 is 0.361 bits per heavy atom. The van der Waals surface area contributed by atoms with Gasteiger partial charge in [0.25, 0.3) is 0 Å². The number of rotatable bonds is 3. The normalized spacial score (nSPS) is 12.9. The topological polar surface area (TPSA) is 0 Å². The second-order valence-corrected chi connectivity index (χ2v) is 9.66. The summed E-state index contributed by atoms with van der Waals surface area (Å²) in [7, 11) is 0. The molecular weight excluding hydrogens is 432 g/mol. The third-order valence-corrected chi connectivity index (χ3v) is 7.61. The van der Waals surface area contributed by atoms with E-state index < -0.39 is 0 Å². The van der Waals surface area contributed by atoms with Gasteiger partial charge in [-0.3, -0.25) is 0 Å². The number of fused-ring (bicyclic) bond motifs is 3. The van der Waals surface area contributed by atoms with Crippen LogP contribution in [-0.4, -0.2) is 0 Å². The Morgan fingerprint density at radius 2 is 0.806 bits per heavy atom. The van der Waals surface area contributed by atoms with Gasteiger partial charge in [-0.2, -0.15) is 0 Å². The van der Waals surface area contributed by atoms with Crippen LogP contribution in [0, 0.1) is 0 Å². The van der Waals surface area contributed by atoms with E-state index in [1.54, 1.807) is 0 Å². The van der Waals surface area contributed by atoms with Crippen molar-refractivity contribution in [2.24, 2.45) is 0 Å². The molecule has 6 aromatic rings. The van der Waals surface area contributed by atoms with Crippen molar-refractivity contribution in [3.05, 3.63) is 150 Å². The van der Waals surface area contributed by atoms with Crippen LogP contribution in [-0.2, 0) is 12.8 Å². The summed E-state index contributed by atoms with van der Waals surface area (Å²) < 4.78 is 0. The molecule has 0 spiro atoms. The summed E-state index contributed by atoms with van der Waals surface area (Å²) in [6.07, 6.45) is 4.42. The van der Waals surface area contributed by atoms with Crippen LogP contribution in [0.5, 0.6) is 0 Å². The van der Waals surface area contributed by atoms with E-state index in [4.69, 9.17) is 0 Å². The first-order chi connectivity index (χ1) is 17.9. The van der Waals surface area contributed by atoms with Crippen molar-refractivity contribution in [3.63, 3.8) is 0 Å². The maximum atomic E-state index is 2.40. The summed E-state index contributed by atoms with van der Waals surface area (Å²) in [6, 6.07) is 46.6. The fourth-order valence-electron chi connectivity index (χ4n) is 5.87. The van der Waals surface area contributed by atoms with Crippen LogP contribution >= 0.6 is 0 Å². The first kappa shape index (κ1) is 20.9. The zero-order valence-corrected chi connectivity index (χ0v) is 20.1. The van der Waals surface area contributed by atoms with Crippen molar-refractivity contribution in [2.45, 2.75) is 12.8 Å². The van der Waals surface area contributed by atoms with Gasteiger partial charge in [0.1, 0.15) is 0 Å². The molecule has 0 unspecified atom stereocenters. The predicted octanol–water partition coefficient (Wildman–Crippen LogP) is 9.51. The second kappa shape index (κ2) is 8.66. The highest BCUT2D eigenvalue weighted by molar-refractivity contribution is 6.21. The van der Waals surface area contributed by atoms with Crippen LogP contribution < -0.4 is 0 Å². The number of hydrogen-bond acceptors (Lipinski definition) is 0. The molecule has 36 heavy (non-hydrogen) atoms. The molecular formula is C36H26. The van der Waals surface area contributed by atoms with Gasteiger partial charge in [-0.25, -0.2) is 0 Å². The molecule has 0 heteroatoms. The lowest BCUT2D eigenvalue weighted by Crippen LogP contribution is -2.02. The third-order valence-electron chi connectivity index (χ3n) is 7.61. The molecule has 170 valence electrons. The second-order valence-electron chi connectivity index (χ2n) is 9.66. The third kappa shape index (κ3) is 3.46. The highest BCUT2D eigenvalue weighted by atomic mass is 14.2. The molecule has 0 amide bonds. The van der Waals surface area contributed by atoms with Crippen molar-refractivity contribution >= 4 is 27.1 Å². The predicted molar refractivity (Wildman–Crippen MR) is 154 cm³/mol. The Hall–Kier alpha value is -4.42. The molecule has 6 aromatic carbocycles. The summed E-state index contributed by atoms with van der Waals surface area (Å²) in [6.45, 7) is 0. The van der Waals surface area contributed by atoms with Gasteiger partial charge in [0.2, 0.25) is 0 Å². The van der Waals surface area contributed by atoms with E-state index in [0.29, 0.717) is 0 Å². The molecule has 0 aromatic heterocycles. The molecule has 1 aliphatic rings. The van der Waals surface area contributed by atoms with E-state index in [-0.39, 0.29) is 0 Å². The quantitative estimate of drug-likeness (QED) is 0.232. The lowest BCUT2D eigenvalue weighted by atomic mass is 9.85. The van der Waals surface area contributed by atoms with E-state index in [1.165, 1.54) is 66.1 Å². The standard InChI is InChI=1S/C36H26/c1-2-11-27(12-3-1)35-31-14-6-8-16-33(31)36(34-17-9-7-15-32(34)35)28-21-18-26(19-22-28)30-23-20-25-10-4-5-13-29(25)24-30/h1-19,21-23H,20,24H2. The SMILES string of the molecule is C1=C(c2ccc(-c3c4ccccc4c(-c4ccccc4)c4ccccc34)cc2)Cc2ccccc2C1. The van der Waals surface area contributed by atoms with Crippen LogP contribution in [0.25, 0.3) is 49.4 Å². The first-order valence-electron chi connectivity index (χ1n) is 12.7. The van der Waals surface area contributed by atoms with Gasteiger partial charge >= 0.3 is 0 Å². The molecule has 0 saturated heterocycles. The van der Waals surface area contributed by atoms with Crippen LogP contribution in [0.4, 0.5) is 0 Å². The molecule has 0 nitrogen and oxygen atoms in total. The van der Waals surface area contributed by atoms with Crippen molar-refractivity contribution in [1.29, 1.82) is 0 Å². The van der Waals surface area contributed by atoms with E-state index in [2.05, 4.69) is 133 Å². The van der Waals surface area contributed by atoms with E-state index >= 15 is 0 Å². The molecule has 0 saturated carbocycles. The van der Waals surface area contributed by atoms with Crippen molar-refractivity contribution < 1.29 is 0 Å². The molecule has 0 bridgehead atoms. The minimum absolute atomic E-state index is 1.01. The van der Waals surface area contributed by atoms with Crippen molar-refractivity contribution in [1.82, 2.24) is 0 Å². The van der Waals surface area contributed by atoms with Gasteiger partial charge in [0.05, 0.1) is 0 Å². The smallest absolute Gasteiger partial charge is 0.00200 e. The summed E-state index contributed by atoms with van der Waals surface area (Å²) in [5, 5.41) is 5.20. The van der Waals surface area contributed by atoms with Gasteiger partial charge < -0.3 is 0 Å². The Morgan fingerprint density at radius 3 is 1.39 bits per heavy atom. The maximum absolute atomic E-state index is 2.40. The molecule has 0 aliphatic heterocycles. The summed E-state index contributed by atoms with van der Waals surface area (Å²) in [5.74, 6) is 0. The van der Waals surface area contributed by atoms with Crippen LogP contribution in [0.3, 0.4) is 0 Å². The average molecular weight is 459 g/mol. The van der Waals surface area contributed by atoms with Crippen LogP contribution in [0.15, 0.2) is 133 Å². The minimum atomic E-state index is 1.01. The molecule has 1 aliphatic carbocycles. The molecule has 0 radical (unpaired) electrons. The molecule has 0 fully saturated rings. The summed E-state index contributed by atoms with van der Waals surface area (Å²) in [5.41, 5.74) is 10.8. The number of benzene rings is 6. The number of hydrogen-bond donors (Lipinski definition) is 0. The van der Waals surface area contributed by atoms with Crippen molar-refractivity contribution in [3.8, 4) is 22.3 Å². The Labute approximate surface area is 212 Å². The van der Waals surface area contributed by atoms with Crippen LogP contribution in [0.1, 0.15) is 16.7 Å². The van der Waals surface area contributed by atoms with Gasteiger partial charge in [-0.15, -0.1) is 0 Å². The van der Waals surface area contributed by atoms with Crippen molar-refractivity contribution in [2.75, 3.05) is 0 Å². The van der Waals surface area contributed by atoms with Gasteiger partial charge in [-0.1, -0.05) is 133 Å². The highest BCUT2D eigenvalue weighted by Gasteiger charge is 2.17. The lowest BCUT2D eigenvalue weighted by Gasteiger charge is -2.19. The maximum Gasteiger partial charge on any atom is -0.00200 e. The first-order valence-corrected chi connectivity index (χ1v) is 12.7. The van der Waals surface area contributed by atoms with Gasteiger partial charge in [0.15, 0.2) is 0 Å². The van der Waals surface area contributed by atoms with Gasteiger partial charge in [-0.05, 0) is 78.9 Å².